The van der Waals surface area contributed by atoms with Crippen LogP contribution in [-0.2, 0) is 5.75 Å². The summed E-state index contributed by atoms with van der Waals surface area (Å²) in [5, 5.41) is 24.1. The summed E-state index contributed by atoms with van der Waals surface area (Å²) in [4.78, 5) is 20.5. The van der Waals surface area contributed by atoms with E-state index in [4.69, 9.17) is 5.10 Å². The van der Waals surface area contributed by atoms with E-state index >= 15 is 0 Å². The Hall–Kier alpha value is -4.59. The first-order valence-corrected chi connectivity index (χ1v) is 13.1. The number of nitrogens with zero attached hydrogens (tertiary/aromatic N) is 6. The molecule has 6 rings (SSSR count). The standard InChI is InChI=1S/C27H17N7OS2/c28-15-21-22(18-7-3-1-4-8-18)29-26(30-24(21)35)36-16-17-11-13-20(14-12-17)25-33-34-23(31-32-27(34)37-25)19-9-5-2-6-10-19/h1-14H,16H2,(H,29,30,35). The highest BCUT2D eigenvalue weighted by Crippen LogP contribution is 2.29. The zero-order valence-electron chi connectivity index (χ0n) is 19.2. The predicted octanol–water partition coefficient (Wildman–Crippen LogP) is 5.43. The van der Waals surface area contributed by atoms with E-state index < -0.39 is 5.56 Å². The molecule has 0 aliphatic carbocycles. The van der Waals surface area contributed by atoms with Gasteiger partial charge in [-0.05, 0) is 5.56 Å². The summed E-state index contributed by atoms with van der Waals surface area (Å²) in [7, 11) is 0. The molecule has 1 N–H and O–H groups in total. The summed E-state index contributed by atoms with van der Waals surface area (Å²) in [5.41, 5.74) is 3.71. The molecule has 0 bridgehead atoms. The maximum absolute atomic E-state index is 12.5. The average Bonchev–Trinajstić information content (AvgIpc) is 3.54. The Morgan fingerprint density at radius 2 is 1.59 bits per heavy atom. The lowest BCUT2D eigenvalue weighted by atomic mass is 10.1. The topological polar surface area (TPSA) is 113 Å². The van der Waals surface area contributed by atoms with E-state index in [9.17, 15) is 10.1 Å². The smallest absolute Gasteiger partial charge is 0.270 e. The molecule has 0 saturated carbocycles. The molecule has 8 nitrogen and oxygen atoms in total. The molecule has 0 aliphatic heterocycles. The lowest BCUT2D eigenvalue weighted by molar-refractivity contribution is 0.934. The molecule has 0 spiro atoms. The van der Waals surface area contributed by atoms with Gasteiger partial charge < -0.3 is 4.98 Å². The summed E-state index contributed by atoms with van der Waals surface area (Å²) >= 11 is 2.89. The quantitative estimate of drug-likeness (QED) is 0.230. The van der Waals surface area contributed by atoms with Crippen molar-refractivity contribution in [1.82, 2.24) is 29.8 Å². The monoisotopic (exact) mass is 519 g/mol. The fraction of sp³-hybridized carbons (Fsp3) is 0.0370. The fourth-order valence-electron chi connectivity index (χ4n) is 3.83. The van der Waals surface area contributed by atoms with Crippen molar-refractivity contribution in [2.24, 2.45) is 0 Å². The van der Waals surface area contributed by atoms with Gasteiger partial charge in [-0.2, -0.15) is 14.9 Å². The maximum Gasteiger partial charge on any atom is 0.270 e. The Kier molecular flexibility index (Phi) is 6.06. The third-order valence-electron chi connectivity index (χ3n) is 5.66. The van der Waals surface area contributed by atoms with E-state index in [-0.39, 0.29) is 5.56 Å². The second-order valence-corrected chi connectivity index (χ2v) is 9.97. The van der Waals surface area contributed by atoms with Gasteiger partial charge in [0, 0.05) is 22.4 Å². The summed E-state index contributed by atoms with van der Waals surface area (Å²) in [6.45, 7) is 0. The van der Waals surface area contributed by atoms with Crippen LogP contribution >= 0.6 is 23.1 Å². The molecule has 0 radical (unpaired) electrons. The number of benzene rings is 3. The van der Waals surface area contributed by atoms with Crippen molar-refractivity contribution >= 4 is 28.1 Å². The molecule has 37 heavy (non-hydrogen) atoms. The molecule has 6 aromatic rings. The van der Waals surface area contributed by atoms with Crippen LogP contribution in [0, 0.1) is 11.3 Å². The highest BCUT2D eigenvalue weighted by molar-refractivity contribution is 7.98. The number of hydrogen-bond donors (Lipinski definition) is 1. The molecule has 0 unspecified atom stereocenters. The molecular weight excluding hydrogens is 502 g/mol. The third-order valence-corrected chi connectivity index (χ3v) is 7.55. The van der Waals surface area contributed by atoms with Crippen molar-refractivity contribution < 1.29 is 0 Å². The zero-order valence-corrected chi connectivity index (χ0v) is 20.8. The predicted molar refractivity (Wildman–Crippen MR) is 144 cm³/mol. The number of aromatic amines is 1. The number of aromatic nitrogens is 6. The highest BCUT2D eigenvalue weighted by atomic mass is 32.2. The second kappa shape index (κ2) is 9.81. The lowest BCUT2D eigenvalue weighted by Gasteiger charge is -2.07. The van der Waals surface area contributed by atoms with E-state index in [1.807, 2.05) is 91.0 Å². The SMILES string of the molecule is N#Cc1c(-c2ccccc2)nc(SCc2ccc(-c3nn4c(-c5ccccc5)nnc4s3)cc2)[nH]c1=O. The van der Waals surface area contributed by atoms with Gasteiger partial charge in [0.25, 0.3) is 5.56 Å². The Bertz CT molecular complexity index is 1800. The number of thioether (sulfide) groups is 1. The molecule has 3 heterocycles. The van der Waals surface area contributed by atoms with Crippen LogP contribution < -0.4 is 5.56 Å². The van der Waals surface area contributed by atoms with Gasteiger partial charge in [-0.15, -0.1) is 10.2 Å². The fourth-order valence-corrected chi connectivity index (χ4v) is 5.49. The Labute approximate surface area is 219 Å². The first kappa shape index (κ1) is 22.8. The third kappa shape index (κ3) is 4.53. The van der Waals surface area contributed by atoms with Gasteiger partial charge in [-0.3, -0.25) is 4.79 Å². The normalized spacial score (nSPS) is 11.0. The van der Waals surface area contributed by atoms with E-state index in [0.717, 1.165) is 32.2 Å². The van der Waals surface area contributed by atoms with Crippen molar-refractivity contribution in [3.63, 3.8) is 0 Å². The molecule has 0 fully saturated rings. The number of fused-ring (bicyclic) bond motifs is 1. The summed E-state index contributed by atoms with van der Waals surface area (Å²) in [6.07, 6.45) is 0. The van der Waals surface area contributed by atoms with Crippen LogP contribution in [0.3, 0.4) is 0 Å². The summed E-state index contributed by atoms with van der Waals surface area (Å²) in [6, 6.07) is 29.2. The first-order chi connectivity index (χ1) is 18.2. The maximum atomic E-state index is 12.5. The highest BCUT2D eigenvalue weighted by Gasteiger charge is 2.15. The number of H-pyrrole nitrogens is 1. The number of rotatable bonds is 6. The van der Waals surface area contributed by atoms with Crippen LogP contribution in [0.2, 0.25) is 0 Å². The molecule has 0 saturated heterocycles. The van der Waals surface area contributed by atoms with Crippen LogP contribution in [0.25, 0.3) is 38.2 Å². The molecule has 3 aromatic heterocycles. The van der Waals surface area contributed by atoms with Crippen LogP contribution in [0.5, 0.6) is 0 Å². The Balaban J connectivity index is 1.21. The van der Waals surface area contributed by atoms with Crippen LogP contribution in [0.4, 0.5) is 0 Å². The second-order valence-electron chi connectivity index (χ2n) is 8.05. The molecule has 0 atom stereocenters. The van der Waals surface area contributed by atoms with Gasteiger partial charge >= 0.3 is 0 Å². The Morgan fingerprint density at radius 1 is 0.892 bits per heavy atom. The van der Waals surface area contributed by atoms with E-state index in [0.29, 0.717) is 22.4 Å². The number of nitriles is 1. The van der Waals surface area contributed by atoms with Crippen LogP contribution in [0.15, 0.2) is 94.9 Å². The van der Waals surface area contributed by atoms with E-state index in [1.54, 1.807) is 4.52 Å². The van der Waals surface area contributed by atoms with Crippen LogP contribution in [-0.4, -0.2) is 29.8 Å². The molecule has 178 valence electrons. The van der Waals surface area contributed by atoms with Crippen LogP contribution in [0.1, 0.15) is 11.1 Å². The molecular formula is C27H17N7OS2. The number of hydrogen-bond acceptors (Lipinski definition) is 8. The van der Waals surface area contributed by atoms with Crippen molar-refractivity contribution in [2.75, 3.05) is 0 Å². The molecule has 10 heteroatoms. The minimum Gasteiger partial charge on any atom is -0.300 e. The van der Waals surface area contributed by atoms with Crippen molar-refractivity contribution in [2.45, 2.75) is 10.9 Å². The largest absolute Gasteiger partial charge is 0.300 e. The number of nitrogens with one attached hydrogen (secondary N) is 1. The van der Waals surface area contributed by atoms with Crippen molar-refractivity contribution in [3.8, 4) is 39.3 Å². The van der Waals surface area contributed by atoms with Gasteiger partial charge in [0.15, 0.2) is 11.0 Å². The average molecular weight is 520 g/mol. The zero-order chi connectivity index (χ0) is 25.2. The van der Waals surface area contributed by atoms with Crippen molar-refractivity contribution in [1.29, 1.82) is 5.26 Å². The molecule has 0 aliphatic rings. The molecule has 0 amide bonds. The summed E-state index contributed by atoms with van der Waals surface area (Å²) < 4.78 is 1.77. The summed E-state index contributed by atoms with van der Waals surface area (Å²) in [5.74, 6) is 1.32. The van der Waals surface area contributed by atoms with Gasteiger partial charge in [-0.1, -0.05) is 108 Å². The Morgan fingerprint density at radius 3 is 2.30 bits per heavy atom. The van der Waals surface area contributed by atoms with Gasteiger partial charge in [0.1, 0.15) is 16.6 Å². The molecule has 3 aromatic carbocycles. The lowest BCUT2D eigenvalue weighted by Crippen LogP contribution is -2.14. The van der Waals surface area contributed by atoms with Gasteiger partial charge in [0.2, 0.25) is 4.96 Å². The van der Waals surface area contributed by atoms with Gasteiger partial charge in [-0.25, -0.2) is 4.98 Å². The van der Waals surface area contributed by atoms with E-state index in [2.05, 4.69) is 20.2 Å². The minimum atomic E-state index is -0.438. The minimum absolute atomic E-state index is 0.0142. The van der Waals surface area contributed by atoms with Crippen molar-refractivity contribution in [3.05, 3.63) is 106 Å². The first-order valence-electron chi connectivity index (χ1n) is 11.3. The van der Waals surface area contributed by atoms with E-state index in [1.165, 1.54) is 23.1 Å². The van der Waals surface area contributed by atoms with Gasteiger partial charge in [0.05, 0.1) is 5.69 Å².